The second kappa shape index (κ2) is 10.5. The molecule has 0 aromatic heterocycles. The lowest BCUT2D eigenvalue weighted by Crippen LogP contribution is -2.06. The standard InChI is InChI=1S/C14H14O3.C14H12O3/c2*1-9(14(15)16)10-3-4-12-8-13(17-2)6-5-11(12)7-10/h3-9H,1-2H3,(H,15,16);3-8H,1H2,2H3,(H,15,16)/t9-;/m0./s1. The Bertz CT molecular complexity index is 1370. The molecule has 0 spiro atoms. The summed E-state index contributed by atoms with van der Waals surface area (Å²) in [4.78, 5) is 21.7. The van der Waals surface area contributed by atoms with Crippen LogP contribution in [-0.2, 0) is 9.59 Å². The van der Waals surface area contributed by atoms with Crippen LogP contribution in [0.25, 0.3) is 27.1 Å². The average molecular weight is 459 g/mol. The Hall–Kier alpha value is -4.32. The van der Waals surface area contributed by atoms with Crippen LogP contribution in [0.5, 0.6) is 11.5 Å². The van der Waals surface area contributed by atoms with Crippen LogP contribution in [0.4, 0.5) is 0 Å². The normalized spacial score (nSPS) is 11.3. The fraction of sp³-hybridized carbons (Fsp3) is 0.143. The maximum atomic E-state index is 10.9. The van der Waals surface area contributed by atoms with Gasteiger partial charge in [0.25, 0.3) is 0 Å². The summed E-state index contributed by atoms with van der Waals surface area (Å²) in [5, 5.41) is 21.9. The van der Waals surface area contributed by atoms with E-state index in [9.17, 15) is 9.59 Å². The summed E-state index contributed by atoms with van der Waals surface area (Å²) in [5.74, 6) is -0.712. The Morgan fingerprint density at radius 1 is 0.735 bits per heavy atom. The van der Waals surface area contributed by atoms with Crippen molar-refractivity contribution >= 4 is 39.1 Å². The van der Waals surface area contributed by atoms with E-state index < -0.39 is 17.9 Å². The molecule has 0 saturated heterocycles. The number of ether oxygens (including phenoxy) is 2. The van der Waals surface area contributed by atoms with E-state index in [0.29, 0.717) is 5.56 Å². The molecule has 0 heterocycles. The van der Waals surface area contributed by atoms with Gasteiger partial charge in [-0.3, -0.25) is 4.79 Å². The SMILES string of the molecule is C=C(C(=O)O)c1ccc2cc(OC)ccc2c1.COc1ccc2cc([C@H](C)C(=O)O)ccc2c1. The first-order valence-corrected chi connectivity index (χ1v) is 10.5. The molecule has 174 valence electrons. The van der Waals surface area contributed by atoms with E-state index in [1.807, 2.05) is 66.7 Å². The van der Waals surface area contributed by atoms with Crippen molar-refractivity contribution in [3.63, 3.8) is 0 Å². The van der Waals surface area contributed by atoms with Gasteiger partial charge >= 0.3 is 11.9 Å². The highest BCUT2D eigenvalue weighted by Crippen LogP contribution is 2.26. The van der Waals surface area contributed by atoms with Crippen molar-refractivity contribution in [3.05, 3.63) is 90.5 Å². The van der Waals surface area contributed by atoms with Gasteiger partial charge in [0.1, 0.15) is 11.5 Å². The summed E-state index contributed by atoms with van der Waals surface area (Å²) in [7, 11) is 3.24. The molecule has 1 atom stereocenters. The van der Waals surface area contributed by atoms with E-state index >= 15 is 0 Å². The van der Waals surface area contributed by atoms with Crippen LogP contribution in [0.1, 0.15) is 24.0 Å². The molecule has 0 aliphatic heterocycles. The maximum absolute atomic E-state index is 10.9. The summed E-state index contributed by atoms with van der Waals surface area (Å²) in [6.07, 6.45) is 0. The molecular weight excluding hydrogens is 432 g/mol. The maximum Gasteiger partial charge on any atom is 0.335 e. The van der Waals surface area contributed by atoms with Crippen LogP contribution in [0, 0.1) is 0 Å². The molecule has 0 bridgehead atoms. The first-order chi connectivity index (χ1) is 16.2. The van der Waals surface area contributed by atoms with Gasteiger partial charge in [-0.1, -0.05) is 49.0 Å². The van der Waals surface area contributed by atoms with Crippen LogP contribution in [-0.4, -0.2) is 36.4 Å². The Labute approximate surface area is 197 Å². The summed E-state index contributed by atoms with van der Waals surface area (Å²) >= 11 is 0. The molecule has 4 aromatic carbocycles. The summed E-state index contributed by atoms with van der Waals surface area (Å²) in [6, 6.07) is 22.5. The van der Waals surface area contributed by atoms with E-state index in [1.165, 1.54) is 0 Å². The van der Waals surface area contributed by atoms with Crippen LogP contribution in [0.2, 0.25) is 0 Å². The number of hydrogen-bond donors (Lipinski definition) is 2. The topological polar surface area (TPSA) is 93.1 Å². The van der Waals surface area contributed by atoms with E-state index in [4.69, 9.17) is 19.7 Å². The molecule has 2 N–H and O–H groups in total. The Morgan fingerprint density at radius 2 is 1.21 bits per heavy atom. The molecule has 0 saturated carbocycles. The van der Waals surface area contributed by atoms with Gasteiger partial charge in [-0.2, -0.15) is 0 Å². The molecule has 4 rings (SSSR count). The molecule has 0 amide bonds. The number of methoxy groups -OCH3 is 2. The molecule has 6 nitrogen and oxygen atoms in total. The van der Waals surface area contributed by atoms with Crippen LogP contribution in [0.3, 0.4) is 0 Å². The molecular formula is C28H26O6. The van der Waals surface area contributed by atoms with Crippen molar-refractivity contribution in [2.75, 3.05) is 14.2 Å². The number of carboxylic acid groups (broad SMARTS) is 2. The van der Waals surface area contributed by atoms with E-state index in [1.54, 1.807) is 27.2 Å². The first kappa shape index (κ1) is 24.3. The molecule has 0 radical (unpaired) electrons. The molecule has 6 heteroatoms. The minimum Gasteiger partial charge on any atom is -0.497 e. The number of hydrogen-bond acceptors (Lipinski definition) is 4. The lowest BCUT2D eigenvalue weighted by Gasteiger charge is -2.08. The third-order valence-corrected chi connectivity index (χ3v) is 5.60. The zero-order valence-corrected chi connectivity index (χ0v) is 19.2. The largest absolute Gasteiger partial charge is 0.497 e. The van der Waals surface area contributed by atoms with Crippen LogP contribution < -0.4 is 9.47 Å². The van der Waals surface area contributed by atoms with Crippen LogP contribution in [0.15, 0.2) is 79.4 Å². The third kappa shape index (κ3) is 5.53. The Balaban J connectivity index is 0.000000191. The van der Waals surface area contributed by atoms with Crippen molar-refractivity contribution in [2.24, 2.45) is 0 Å². The highest BCUT2D eigenvalue weighted by molar-refractivity contribution is 6.15. The van der Waals surface area contributed by atoms with Gasteiger partial charge < -0.3 is 19.7 Å². The zero-order valence-electron chi connectivity index (χ0n) is 19.2. The van der Waals surface area contributed by atoms with Gasteiger partial charge in [-0.15, -0.1) is 0 Å². The highest BCUT2D eigenvalue weighted by atomic mass is 16.5. The average Bonchev–Trinajstić information content (AvgIpc) is 2.86. The molecule has 4 aromatic rings. The second-order valence-corrected chi connectivity index (χ2v) is 7.74. The minimum atomic E-state index is -1.00. The van der Waals surface area contributed by atoms with E-state index in [-0.39, 0.29) is 5.57 Å². The van der Waals surface area contributed by atoms with Gasteiger partial charge in [0.2, 0.25) is 0 Å². The quantitative estimate of drug-likeness (QED) is 0.345. The number of carboxylic acids is 2. The van der Waals surface area contributed by atoms with Crippen molar-refractivity contribution in [1.29, 1.82) is 0 Å². The fourth-order valence-electron chi connectivity index (χ4n) is 3.44. The molecule has 0 aliphatic rings. The predicted molar refractivity (Wildman–Crippen MR) is 134 cm³/mol. The zero-order chi connectivity index (χ0) is 24.8. The Kier molecular flexibility index (Phi) is 7.53. The number of carbonyl (C=O) groups is 2. The Morgan fingerprint density at radius 3 is 1.71 bits per heavy atom. The summed E-state index contributed by atoms with van der Waals surface area (Å²) < 4.78 is 10.3. The van der Waals surface area contributed by atoms with Gasteiger partial charge in [0.05, 0.1) is 25.7 Å². The molecule has 0 aliphatic carbocycles. The van der Waals surface area contributed by atoms with Crippen molar-refractivity contribution in [2.45, 2.75) is 12.8 Å². The monoisotopic (exact) mass is 458 g/mol. The number of fused-ring (bicyclic) bond motifs is 2. The van der Waals surface area contributed by atoms with E-state index in [0.717, 1.165) is 38.6 Å². The fourth-order valence-corrected chi connectivity index (χ4v) is 3.44. The van der Waals surface area contributed by atoms with Gasteiger partial charge in [-0.25, -0.2) is 4.79 Å². The number of benzene rings is 4. The number of aliphatic carboxylic acids is 2. The molecule has 0 fully saturated rings. The predicted octanol–water partition coefficient (Wildman–Crippen LogP) is 5.98. The van der Waals surface area contributed by atoms with Gasteiger partial charge in [0.15, 0.2) is 0 Å². The first-order valence-electron chi connectivity index (χ1n) is 10.5. The van der Waals surface area contributed by atoms with E-state index in [2.05, 4.69) is 6.58 Å². The van der Waals surface area contributed by atoms with Crippen LogP contribution >= 0.6 is 0 Å². The highest BCUT2D eigenvalue weighted by Gasteiger charge is 2.13. The molecule has 0 unspecified atom stereocenters. The van der Waals surface area contributed by atoms with Crippen molar-refractivity contribution < 1.29 is 29.3 Å². The smallest absolute Gasteiger partial charge is 0.335 e. The lowest BCUT2D eigenvalue weighted by atomic mass is 9.98. The minimum absolute atomic E-state index is 0.0997. The van der Waals surface area contributed by atoms with Crippen molar-refractivity contribution in [3.8, 4) is 11.5 Å². The van der Waals surface area contributed by atoms with Gasteiger partial charge in [-0.05, 0) is 69.9 Å². The summed E-state index contributed by atoms with van der Waals surface area (Å²) in [6.45, 7) is 5.23. The summed E-state index contributed by atoms with van der Waals surface area (Å²) in [5.41, 5.74) is 1.54. The van der Waals surface area contributed by atoms with Gasteiger partial charge in [0, 0.05) is 0 Å². The van der Waals surface area contributed by atoms with Crippen molar-refractivity contribution in [1.82, 2.24) is 0 Å². The lowest BCUT2D eigenvalue weighted by molar-refractivity contribution is -0.138. The second-order valence-electron chi connectivity index (χ2n) is 7.74. The third-order valence-electron chi connectivity index (χ3n) is 5.60. The number of rotatable bonds is 6. The molecule has 34 heavy (non-hydrogen) atoms.